The van der Waals surface area contributed by atoms with Gasteiger partial charge in [-0.1, -0.05) is 51.3 Å². The quantitative estimate of drug-likeness (QED) is 0.250. The molecule has 3 aliphatic rings. The molecule has 3 N–H and O–H groups in total. The Morgan fingerprint density at radius 3 is 2.53 bits per heavy atom. The minimum atomic E-state index is -1.05. The number of carboxylic acids is 1. The smallest absolute Gasteiger partial charge is 0.328 e. The Morgan fingerprint density at radius 2 is 1.94 bits per heavy atom. The highest BCUT2D eigenvalue weighted by atomic mass is 16.4. The molecular formula is C26H37NO5. The number of carbonyl (C=O) groups is 3. The Kier molecular flexibility index (Phi) is 6.73. The van der Waals surface area contributed by atoms with Crippen molar-refractivity contribution < 1.29 is 24.6 Å². The van der Waals surface area contributed by atoms with Crippen LogP contribution in [0.25, 0.3) is 0 Å². The van der Waals surface area contributed by atoms with Crippen molar-refractivity contribution in [3.8, 4) is 0 Å². The van der Waals surface area contributed by atoms with Crippen LogP contribution in [0.4, 0.5) is 0 Å². The summed E-state index contributed by atoms with van der Waals surface area (Å²) in [5.74, 6) is -1.49. The number of hydrogen-bond donors (Lipinski definition) is 3. The van der Waals surface area contributed by atoms with E-state index >= 15 is 0 Å². The van der Waals surface area contributed by atoms with Crippen LogP contribution in [-0.2, 0) is 14.4 Å². The normalized spacial score (nSPS) is 37.2. The molecule has 0 aromatic heterocycles. The lowest BCUT2D eigenvalue weighted by molar-refractivity contribution is -0.131. The number of carboxylic acid groups (broad SMARTS) is 1. The number of aliphatic hydroxyl groups is 1. The second-order valence-electron chi connectivity index (χ2n) is 10.8. The van der Waals surface area contributed by atoms with E-state index in [-0.39, 0.29) is 34.9 Å². The van der Waals surface area contributed by atoms with E-state index in [2.05, 4.69) is 18.3 Å². The first-order valence-electron chi connectivity index (χ1n) is 11.8. The Labute approximate surface area is 190 Å². The molecule has 6 atom stereocenters. The van der Waals surface area contributed by atoms with Crippen LogP contribution in [0.3, 0.4) is 0 Å². The molecule has 1 saturated heterocycles. The predicted molar refractivity (Wildman–Crippen MR) is 123 cm³/mol. The second kappa shape index (κ2) is 8.87. The van der Waals surface area contributed by atoms with Gasteiger partial charge < -0.3 is 15.5 Å². The molecule has 1 amide bonds. The van der Waals surface area contributed by atoms with Gasteiger partial charge in [-0.25, -0.2) is 4.79 Å². The predicted octanol–water partition coefficient (Wildman–Crippen LogP) is 4.58. The summed E-state index contributed by atoms with van der Waals surface area (Å²) < 4.78 is 0. The highest BCUT2D eigenvalue weighted by molar-refractivity contribution is 6.27. The number of fused-ring (bicyclic) bond motifs is 1. The number of carbonyl (C=O) groups excluding carboxylic acids is 2. The number of Topliss-reactive ketones (excluding diaryl/α,β-unsaturated/α-hetero) is 1. The zero-order chi connectivity index (χ0) is 24.0. The standard InChI is InChI=1S/C26H37NO5/c1-13(2)9-19-23(30)21(25(32)27-19)24(31)26(6)18-8-7-14(3)10-17(18)11-15(4)22(26)16(5)12-20(28)29/h11-14,17-19,22,31H,7-10H2,1-6H3,(H,27,32)(H,28,29)/b16-12-,24-21+/t14-,17+,18-,19+,22+,26+/m1/s1. The molecule has 0 radical (unpaired) electrons. The van der Waals surface area contributed by atoms with Gasteiger partial charge in [0.15, 0.2) is 5.78 Å². The minimum absolute atomic E-state index is 0.0155. The summed E-state index contributed by atoms with van der Waals surface area (Å²) in [6.07, 6.45) is 6.75. The number of allylic oxidation sites excluding steroid dienone is 4. The molecule has 0 unspecified atom stereocenters. The maximum absolute atomic E-state index is 13.2. The summed E-state index contributed by atoms with van der Waals surface area (Å²) in [6.45, 7) is 11.8. The van der Waals surface area contributed by atoms with Gasteiger partial charge in [-0.2, -0.15) is 0 Å². The summed E-state index contributed by atoms with van der Waals surface area (Å²) in [5, 5.41) is 23.9. The van der Waals surface area contributed by atoms with Crippen molar-refractivity contribution in [3.05, 3.63) is 34.6 Å². The first kappa shape index (κ1) is 24.3. The van der Waals surface area contributed by atoms with Crippen LogP contribution in [0, 0.1) is 35.0 Å². The van der Waals surface area contributed by atoms with Gasteiger partial charge in [0.2, 0.25) is 0 Å². The first-order chi connectivity index (χ1) is 14.9. The molecule has 6 nitrogen and oxygen atoms in total. The second-order valence-corrected chi connectivity index (χ2v) is 10.8. The van der Waals surface area contributed by atoms with Crippen molar-refractivity contribution in [1.82, 2.24) is 5.32 Å². The molecule has 6 heteroatoms. The monoisotopic (exact) mass is 443 g/mol. The molecule has 0 bridgehead atoms. The number of aliphatic hydroxyl groups excluding tert-OH is 1. The van der Waals surface area contributed by atoms with Gasteiger partial charge in [-0.15, -0.1) is 0 Å². The molecular weight excluding hydrogens is 406 g/mol. The lowest BCUT2D eigenvalue weighted by atomic mass is 9.51. The molecule has 0 spiro atoms. The molecule has 1 aliphatic heterocycles. The number of amides is 1. The number of rotatable bonds is 5. The summed E-state index contributed by atoms with van der Waals surface area (Å²) >= 11 is 0. The fourth-order valence-electron chi connectivity index (χ4n) is 6.61. The molecule has 1 saturated carbocycles. The van der Waals surface area contributed by atoms with E-state index in [1.54, 1.807) is 6.92 Å². The highest BCUT2D eigenvalue weighted by Crippen LogP contribution is 2.59. The van der Waals surface area contributed by atoms with Crippen LogP contribution in [0.15, 0.2) is 34.6 Å². The molecule has 0 aromatic rings. The molecule has 2 aliphatic carbocycles. The number of nitrogens with one attached hydrogen (secondary N) is 1. The highest BCUT2D eigenvalue weighted by Gasteiger charge is 2.55. The number of ketones is 1. The van der Waals surface area contributed by atoms with Gasteiger partial charge in [-0.3, -0.25) is 9.59 Å². The van der Waals surface area contributed by atoms with Gasteiger partial charge in [0.25, 0.3) is 5.91 Å². The average molecular weight is 444 g/mol. The molecule has 2 fully saturated rings. The minimum Gasteiger partial charge on any atom is -0.511 e. The molecule has 1 heterocycles. The molecule has 32 heavy (non-hydrogen) atoms. The van der Waals surface area contributed by atoms with Crippen LogP contribution < -0.4 is 5.32 Å². The zero-order valence-corrected chi connectivity index (χ0v) is 20.1. The lowest BCUT2D eigenvalue weighted by Gasteiger charge is -2.53. The van der Waals surface area contributed by atoms with Crippen molar-refractivity contribution in [3.63, 3.8) is 0 Å². The fraction of sp³-hybridized carbons (Fsp3) is 0.654. The van der Waals surface area contributed by atoms with Crippen LogP contribution in [-0.4, -0.2) is 33.9 Å². The van der Waals surface area contributed by atoms with Crippen molar-refractivity contribution in [2.24, 2.45) is 35.0 Å². The summed E-state index contributed by atoms with van der Waals surface area (Å²) in [5.41, 5.74) is 0.518. The maximum Gasteiger partial charge on any atom is 0.328 e. The third-order valence-electron chi connectivity index (χ3n) is 7.82. The average Bonchev–Trinajstić information content (AvgIpc) is 2.92. The number of aliphatic carboxylic acids is 1. The van der Waals surface area contributed by atoms with E-state index in [0.717, 1.165) is 24.8 Å². The van der Waals surface area contributed by atoms with E-state index < -0.39 is 29.3 Å². The largest absolute Gasteiger partial charge is 0.511 e. The van der Waals surface area contributed by atoms with E-state index in [1.165, 1.54) is 6.08 Å². The van der Waals surface area contributed by atoms with E-state index in [1.807, 2.05) is 27.7 Å². The topological polar surface area (TPSA) is 104 Å². The van der Waals surface area contributed by atoms with Crippen molar-refractivity contribution in [1.29, 1.82) is 0 Å². The van der Waals surface area contributed by atoms with Crippen LogP contribution >= 0.6 is 0 Å². The van der Waals surface area contributed by atoms with Gasteiger partial charge in [0.05, 0.1) is 6.04 Å². The van der Waals surface area contributed by atoms with Crippen molar-refractivity contribution in [2.75, 3.05) is 0 Å². The SMILES string of the molecule is CC1=C[C@@H]2C[C@H](C)CC[C@H]2[C@](C)(/C(O)=C2\C(=O)N[C@@H](CC(C)C)C2=O)[C@@H]1/C(C)=C\C(=O)O. The van der Waals surface area contributed by atoms with E-state index in [4.69, 9.17) is 0 Å². The lowest BCUT2D eigenvalue weighted by Crippen LogP contribution is -2.47. The third kappa shape index (κ3) is 4.16. The van der Waals surface area contributed by atoms with E-state index in [0.29, 0.717) is 17.9 Å². The van der Waals surface area contributed by atoms with Crippen LogP contribution in [0.2, 0.25) is 0 Å². The fourth-order valence-corrected chi connectivity index (χ4v) is 6.61. The zero-order valence-electron chi connectivity index (χ0n) is 20.1. The van der Waals surface area contributed by atoms with Crippen molar-refractivity contribution in [2.45, 2.75) is 73.3 Å². The van der Waals surface area contributed by atoms with Gasteiger partial charge in [0, 0.05) is 17.4 Å². The summed E-state index contributed by atoms with van der Waals surface area (Å²) in [4.78, 5) is 37.6. The Hall–Kier alpha value is -2.37. The Balaban J connectivity index is 2.19. The first-order valence-corrected chi connectivity index (χ1v) is 11.8. The number of hydrogen-bond acceptors (Lipinski definition) is 4. The van der Waals surface area contributed by atoms with Gasteiger partial charge >= 0.3 is 5.97 Å². The van der Waals surface area contributed by atoms with Gasteiger partial charge in [-0.05, 0) is 56.8 Å². The third-order valence-corrected chi connectivity index (χ3v) is 7.82. The van der Waals surface area contributed by atoms with E-state index in [9.17, 15) is 24.6 Å². The summed E-state index contributed by atoms with van der Waals surface area (Å²) in [6, 6.07) is -0.625. The Morgan fingerprint density at radius 1 is 1.28 bits per heavy atom. The van der Waals surface area contributed by atoms with Crippen LogP contribution in [0.1, 0.15) is 67.2 Å². The summed E-state index contributed by atoms with van der Waals surface area (Å²) in [7, 11) is 0. The van der Waals surface area contributed by atoms with Crippen LogP contribution in [0.5, 0.6) is 0 Å². The maximum atomic E-state index is 13.2. The molecule has 176 valence electrons. The molecule has 3 rings (SSSR count). The molecule has 0 aromatic carbocycles. The Bertz CT molecular complexity index is 911. The van der Waals surface area contributed by atoms with Crippen molar-refractivity contribution >= 4 is 17.7 Å². The van der Waals surface area contributed by atoms with Gasteiger partial charge in [0.1, 0.15) is 11.3 Å².